The molecule has 1 amide bonds. The Morgan fingerprint density at radius 2 is 2.20 bits per heavy atom. The zero-order valence-electron chi connectivity index (χ0n) is 11.7. The third-order valence-electron chi connectivity index (χ3n) is 2.82. The fourth-order valence-corrected chi connectivity index (χ4v) is 1.77. The van der Waals surface area contributed by atoms with Gasteiger partial charge in [-0.25, -0.2) is 4.98 Å². The average Bonchev–Trinajstić information content (AvgIpc) is 2.97. The highest BCUT2D eigenvalue weighted by atomic mass is 16.1. The van der Waals surface area contributed by atoms with Gasteiger partial charge in [-0.05, 0) is 25.0 Å². The zero-order chi connectivity index (χ0) is 14.4. The zero-order valence-corrected chi connectivity index (χ0v) is 11.7. The highest BCUT2D eigenvalue weighted by molar-refractivity contribution is 6.04. The maximum absolute atomic E-state index is 12.2. The molecule has 2 aromatic rings. The van der Waals surface area contributed by atoms with E-state index in [1.165, 1.54) is 0 Å². The second-order valence-electron chi connectivity index (χ2n) is 4.45. The van der Waals surface area contributed by atoms with Crippen LogP contribution >= 0.6 is 0 Å². The summed E-state index contributed by atoms with van der Waals surface area (Å²) in [7, 11) is 0. The summed E-state index contributed by atoms with van der Waals surface area (Å²) >= 11 is 0. The van der Waals surface area contributed by atoms with E-state index >= 15 is 0 Å². The number of nitrogens with zero attached hydrogens (tertiary/aromatic N) is 2. The molecule has 6 nitrogen and oxygen atoms in total. The predicted octanol–water partition coefficient (Wildman–Crippen LogP) is 2.44. The topological polar surface area (TPSA) is 82.7 Å². The molecule has 20 heavy (non-hydrogen) atoms. The highest BCUT2D eigenvalue weighted by Gasteiger charge is 2.10. The molecule has 0 aliphatic carbocycles. The first-order valence-corrected chi connectivity index (χ1v) is 6.78. The second-order valence-corrected chi connectivity index (χ2v) is 4.45. The molecule has 0 bridgehead atoms. The van der Waals surface area contributed by atoms with Crippen LogP contribution in [0.5, 0.6) is 0 Å². The smallest absolute Gasteiger partial charge is 0.255 e. The standard InChI is InChI=1S/C14H19N5O/c1-3-5-15-13-7-10(6-11(4-2)18-13)14(20)19-12-8-16-17-9-12/h6-9H,3-5H2,1-2H3,(H,15,18)(H,16,17)(H,19,20). The molecule has 0 saturated heterocycles. The molecule has 0 spiro atoms. The number of anilines is 2. The van der Waals surface area contributed by atoms with Gasteiger partial charge >= 0.3 is 0 Å². The number of aryl methyl sites for hydroxylation is 1. The van der Waals surface area contributed by atoms with Gasteiger partial charge in [-0.1, -0.05) is 13.8 Å². The van der Waals surface area contributed by atoms with Gasteiger partial charge in [0.05, 0.1) is 11.9 Å². The summed E-state index contributed by atoms with van der Waals surface area (Å²) in [5, 5.41) is 12.5. The van der Waals surface area contributed by atoms with E-state index in [0.29, 0.717) is 11.3 Å². The van der Waals surface area contributed by atoms with Crippen molar-refractivity contribution in [2.75, 3.05) is 17.2 Å². The van der Waals surface area contributed by atoms with Crippen molar-refractivity contribution in [2.24, 2.45) is 0 Å². The molecule has 2 rings (SSSR count). The third kappa shape index (κ3) is 3.57. The Morgan fingerprint density at radius 1 is 1.35 bits per heavy atom. The van der Waals surface area contributed by atoms with Crippen LogP contribution in [0, 0.1) is 0 Å². The van der Waals surface area contributed by atoms with Crippen molar-refractivity contribution in [3.8, 4) is 0 Å². The number of aromatic nitrogens is 3. The van der Waals surface area contributed by atoms with Crippen LogP contribution in [0.3, 0.4) is 0 Å². The quantitative estimate of drug-likeness (QED) is 0.755. The Bertz CT molecular complexity index is 565. The molecule has 0 unspecified atom stereocenters. The van der Waals surface area contributed by atoms with E-state index in [-0.39, 0.29) is 5.91 Å². The summed E-state index contributed by atoms with van der Waals surface area (Å²) in [5.41, 5.74) is 2.13. The number of H-pyrrole nitrogens is 1. The lowest BCUT2D eigenvalue weighted by atomic mass is 10.1. The van der Waals surface area contributed by atoms with Crippen LogP contribution in [0.1, 0.15) is 36.3 Å². The average molecular weight is 273 g/mol. The molecule has 0 aromatic carbocycles. The Morgan fingerprint density at radius 3 is 2.85 bits per heavy atom. The summed E-state index contributed by atoms with van der Waals surface area (Å²) in [6, 6.07) is 3.58. The number of aromatic amines is 1. The van der Waals surface area contributed by atoms with Gasteiger partial charge in [-0.3, -0.25) is 9.89 Å². The van der Waals surface area contributed by atoms with Gasteiger partial charge in [0.2, 0.25) is 0 Å². The fourth-order valence-electron chi connectivity index (χ4n) is 1.77. The van der Waals surface area contributed by atoms with Gasteiger partial charge in [-0.2, -0.15) is 5.10 Å². The number of hydrogen-bond acceptors (Lipinski definition) is 4. The number of carbonyl (C=O) groups is 1. The molecule has 0 saturated carbocycles. The fraction of sp³-hybridized carbons (Fsp3) is 0.357. The molecular formula is C14H19N5O. The maximum Gasteiger partial charge on any atom is 0.255 e. The van der Waals surface area contributed by atoms with Crippen molar-refractivity contribution in [3.63, 3.8) is 0 Å². The summed E-state index contributed by atoms with van der Waals surface area (Å²) in [6.07, 6.45) is 4.99. The largest absolute Gasteiger partial charge is 0.370 e. The van der Waals surface area contributed by atoms with E-state index in [4.69, 9.17) is 0 Å². The number of hydrogen-bond donors (Lipinski definition) is 3. The maximum atomic E-state index is 12.2. The summed E-state index contributed by atoms with van der Waals surface area (Å²) in [4.78, 5) is 16.7. The molecule has 3 N–H and O–H groups in total. The van der Waals surface area contributed by atoms with Gasteiger partial charge in [0.25, 0.3) is 5.91 Å². The lowest BCUT2D eigenvalue weighted by Crippen LogP contribution is -2.13. The lowest BCUT2D eigenvalue weighted by molar-refractivity contribution is 0.102. The first-order valence-electron chi connectivity index (χ1n) is 6.78. The highest BCUT2D eigenvalue weighted by Crippen LogP contribution is 2.13. The first kappa shape index (κ1) is 14.0. The molecule has 0 fully saturated rings. The lowest BCUT2D eigenvalue weighted by Gasteiger charge is -2.09. The van der Waals surface area contributed by atoms with Gasteiger partial charge < -0.3 is 10.6 Å². The van der Waals surface area contributed by atoms with Crippen LogP contribution in [-0.2, 0) is 6.42 Å². The summed E-state index contributed by atoms with van der Waals surface area (Å²) in [6.45, 7) is 4.94. The minimum atomic E-state index is -0.164. The minimum Gasteiger partial charge on any atom is -0.370 e. The molecule has 0 aliphatic rings. The Hall–Kier alpha value is -2.37. The molecule has 2 aromatic heterocycles. The molecule has 2 heterocycles. The normalized spacial score (nSPS) is 10.3. The number of rotatable bonds is 6. The predicted molar refractivity (Wildman–Crippen MR) is 78.9 cm³/mol. The van der Waals surface area contributed by atoms with Crippen LogP contribution in [0.15, 0.2) is 24.5 Å². The van der Waals surface area contributed by atoms with Crippen LogP contribution in [0.4, 0.5) is 11.5 Å². The molecular weight excluding hydrogens is 254 g/mol. The van der Waals surface area contributed by atoms with E-state index in [1.54, 1.807) is 18.5 Å². The van der Waals surface area contributed by atoms with Crippen molar-refractivity contribution in [3.05, 3.63) is 35.8 Å². The Kier molecular flexibility index (Phi) is 4.70. The number of pyridine rings is 1. The van der Waals surface area contributed by atoms with Crippen molar-refractivity contribution < 1.29 is 4.79 Å². The number of carbonyl (C=O) groups excluding carboxylic acids is 1. The number of nitrogens with one attached hydrogen (secondary N) is 3. The number of amides is 1. The first-order chi connectivity index (χ1) is 9.72. The van der Waals surface area contributed by atoms with Crippen LogP contribution < -0.4 is 10.6 Å². The van der Waals surface area contributed by atoms with Crippen LogP contribution in [-0.4, -0.2) is 27.6 Å². The SMILES string of the molecule is CCCNc1cc(C(=O)Nc2cn[nH]c2)cc(CC)n1. The summed E-state index contributed by atoms with van der Waals surface area (Å²) in [5.74, 6) is 0.576. The molecule has 0 atom stereocenters. The van der Waals surface area contributed by atoms with Gasteiger partial charge in [-0.15, -0.1) is 0 Å². The second kappa shape index (κ2) is 6.70. The van der Waals surface area contributed by atoms with Gasteiger partial charge in [0.15, 0.2) is 0 Å². The Balaban J connectivity index is 2.18. The van der Waals surface area contributed by atoms with E-state index in [1.807, 2.05) is 13.0 Å². The molecule has 0 radical (unpaired) electrons. The summed E-state index contributed by atoms with van der Waals surface area (Å²) < 4.78 is 0. The van der Waals surface area contributed by atoms with Crippen molar-refractivity contribution >= 4 is 17.4 Å². The van der Waals surface area contributed by atoms with E-state index in [0.717, 1.165) is 30.9 Å². The van der Waals surface area contributed by atoms with E-state index in [2.05, 4.69) is 32.7 Å². The minimum absolute atomic E-state index is 0.164. The third-order valence-corrected chi connectivity index (χ3v) is 2.82. The van der Waals surface area contributed by atoms with E-state index in [9.17, 15) is 4.79 Å². The molecule has 106 valence electrons. The van der Waals surface area contributed by atoms with Crippen molar-refractivity contribution in [1.29, 1.82) is 0 Å². The van der Waals surface area contributed by atoms with Gasteiger partial charge in [0.1, 0.15) is 5.82 Å². The van der Waals surface area contributed by atoms with Crippen LogP contribution in [0.2, 0.25) is 0 Å². The van der Waals surface area contributed by atoms with Crippen molar-refractivity contribution in [2.45, 2.75) is 26.7 Å². The van der Waals surface area contributed by atoms with Gasteiger partial charge in [0, 0.05) is 24.0 Å². The van der Waals surface area contributed by atoms with E-state index < -0.39 is 0 Å². The van der Waals surface area contributed by atoms with Crippen molar-refractivity contribution in [1.82, 2.24) is 15.2 Å². The Labute approximate surface area is 118 Å². The molecule has 0 aliphatic heterocycles. The monoisotopic (exact) mass is 273 g/mol. The molecule has 6 heteroatoms. The van der Waals surface area contributed by atoms with Crippen LogP contribution in [0.25, 0.3) is 0 Å².